The number of hydrogen-bond donors (Lipinski definition) is 1. The zero-order valence-corrected chi connectivity index (χ0v) is 13.2. The number of hydrogen-bond acceptors (Lipinski definition) is 5. The summed E-state index contributed by atoms with van der Waals surface area (Å²) in [5.41, 5.74) is 0.636. The fourth-order valence-electron chi connectivity index (χ4n) is 2.66. The van der Waals surface area contributed by atoms with Crippen LogP contribution in [-0.2, 0) is 0 Å². The van der Waals surface area contributed by atoms with Gasteiger partial charge >= 0.3 is 0 Å². The Morgan fingerprint density at radius 1 is 1.45 bits per heavy atom. The summed E-state index contributed by atoms with van der Waals surface area (Å²) in [6.45, 7) is 6.69. The first kappa shape index (κ1) is 16.7. The van der Waals surface area contributed by atoms with E-state index in [1.807, 2.05) is 0 Å². The van der Waals surface area contributed by atoms with Crippen LogP contribution in [0.5, 0.6) is 5.75 Å². The van der Waals surface area contributed by atoms with Gasteiger partial charge in [0.05, 0.1) is 11.0 Å². The van der Waals surface area contributed by atoms with Crippen molar-refractivity contribution in [2.45, 2.75) is 32.8 Å². The summed E-state index contributed by atoms with van der Waals surface area (Å²) in [6, 6.07) is 4.76. The van der Waals surface area contributed by atoms with E-state index in [0.717, 1.165) is 31.8 Å². The molecule has 0 bridgehead atoms. The number of rotatable bonds is 6. The molecule has 1 aromatic rings. The number of nitro groups is 1. The maximum absolute atomic E-state index is 10.9. The molecule has 0 amide bonds. The highest BCUT2D eigenvalue weighted by molar-refractivity contribution is 5.45. The van der Waals surface area contributed by atoms with Crippen LogP contribution in [-0.4, -0.2) is 47.3 Å². The molecule has 122 valence electrons. The van der Waals surface area contributed by atoms with Gasteiger partial charge in [0, 0.05) is 12.1 Å². The summed E-state index contributed by atoms with van der Waals surface area (Å²) in [5.74, 6) is 1.18. The zero-order chi connectivity index (χ0) is 16.1. The first-order valence-electron chi connectivity index (χ1n) is 7.74. The van der Waals surface area contributed by atoms with E-state index in [9.17, 15) is 15.2 Å². The van der Waals surface area contributed by atoms with Crippen LogP contribution in [0.2, 0.25) is 0 Å². The highest BCUT2D eigenvalue weighted by Gasteiger charge is 2.19. The van der Waals surface area contributed by atoms with E-state index in [4.69, 9.17) is 4.74 Å². The molecular weight excluding hydrogens is 284 g/mol. The number of likely N-dealkylation sites (tertiary alicyclic amines) is 1. The van der Waals surface area contributed by atoms with Crippen molar-refractivity contribution < 1.29 is 14.8 Å². The number of aryl methyl sites for hydroxylation is 1. The molecule has 0 radical (unpaired) electrons. The maximum atomic E-state index is 10.9. The lowest BCUT2D eigenvalue weighted by Crippen LogP contribution is -2.40. The quantitative estimate of drug-likeness (QED) is 0.645. The number of benzene rings is 1. The summed E-state index contributed by atoms with van der Waals surface area (Å²) < 4.78 is 5.50. The van der Waals surface area contributed by atoms with Crippen LogP contribution in [0.4, 0.5) is 5.69 Å². The van der Waals surface area contributed by atoms with Crippen LogP contribution in [0.3, 0.4) is 0 Å². The maximum Gasteiger partial charge on any atom is 0.276 e. The van der Waals surface area contributed by atoms with E-state index in [-0.39, 0.29) is 12.3 Å². The SMILES string of the molecule is Cc1ccc(OCC(O)CN2CCC(C)CC2)cc1[N+](=O)[O-]. The van der Waals surface area contributed by atoms with Gasteiger partial charge in [0.1, 0.15) is 18.5 Å². The minimum Gasteiger partial charge on any atom is -0.491 e. The average molecular weight is 308 g/mol. The number of aliphatic hydroxyl groups is 1. The number of piperidine rings is 1. The highest BCUT2D eigenvalue weighted by Crippen LogP contribution is 2.24. The molecule has 0 aromatic heterocycles. The Kier molecular flexibility index (Phi) is 5.74. The van der Waals surface area contributed by atoms with Gasteiger partial charge < -0.3 is 14.7 Å². The second-order valence-electron chi connectivity index (χ2n) is 6.15. The van der Waals surface area contributed by atoms with Crippen LogP contribution in [0, 0.1) is 23.0 Å². The molecule has 1 aliphatic rings. The lowest BCUT2D eigenvalue weighted by molar-refractivity contribution is -0.385. The van der Waals surface area contributed by atoms with Gasteiger partial charge in [0.2, 0.25) is 0 Å². The third-order valence-electron chi connectivity index (χ3n) is 4.16. The normalized spacial score (nSPS) is 18.1. The van der Waals surface area contributed by atoms with Gasteiger partial charge in [-0.15, -0.1) is 0 Å². The Morgan fingerprint density at radius 3 is 2.77 bits per heavy atom. The van der Waals surface area contributed by atoms with E-state index < -0.39 is 11.0 Å². The zero-order valence-electron chi connectivity index (χ0n) is 13.2. The largest absolute Gasteiger partial charge is 0.491 e. The number of nitro benzene ring substituents is 1. The summed E-state index contributed by atoms with van der Waals surface area (Å²) in [6.07, 6.45) is 1.74. The summed E-state index contributed by atoms with van der Waals surface area (Å²) in [5, 5.41) is 21.0. The second-order valence-corrected chi connectivity index (χ2v) is 6.15. The standard InChI is InChI=1S/C16H24N2O4/c1-12-5-7-17(8-6-12)10-14(19)11-22-15-4-3-13(2)16(9-15)18(20)21/h3-4,9,12,14,19H,5-8,10-11H2,1-2H3. The van der Waals surface area contributed by atoms with Gasteiger partial charge in [-0.25, -0.2) is 0 Å². The number of β-amino-alcohol motifs (C(OH)–C–C–N with tert-alkyl or cyclic N) is 1. The Labute approximate surface area is 130 Å². The third-order valence-corrected chi connectivity index (χ3v) is 4.16. The molecule has 1 unspecified atom stereocenters. The van der Waals surface area contributed by atoms with Crippen LogP contribution >= 0.6 is 0 Å². The molecule has 6 heteroatoms. The predicted octanol–water partition coefficient (Wildman–Crippen LogP) is 2.37. The molecule has 2 rings (SSSR count). The lowest BCUT2D eigenvalue weighted by atomic mass is 9.99. The van der Waals surface area contributed by atoms with Crippen molar-refractivity contribution in [1.82, 2.24) is 4.90 Å². The third kappa shape index (κ3) is 4.68. The molecule has 1 N–H and O–H groups in total. The Balaban J connectivity index is 1.82. The molecule has 1 fully saturated rings. The molecule has 0 spiro atoms. The van der Waals surface area contributed by atoms with Crippen LogP contribution in [0.25, 0.3) is 0 Å². The number of ether oxygens (including phenoxy) is 1. The smallest absolute Gasteiger partial charge is 0.276 e. The van der Waals surface area contributed by atoms with Gasteiger partial charge in [0.25, 0.3) is 5.69 Å². The van der Waals surface area contributed by atoms with Crippen molar-refractivity contribution >= 4 is 5.69 Å². The minimum absolute atomic E-state index is 0.0389. The summed E-state index contributed by atoms with van der Waals surface area (Å²) >= 11 is 0. The van der Waals surface area contributed by atoms with Crippen LogP contribution in [0.1, 0.15) is 25.3 Å². The molecule has 0 aliphatic carbocycles. The van der Waals surface area contributed by atoms with Crippen LogP contribution in [0.15, 0.2) is 18.2 Å². The average Bonchev–Trinajstić information content (AvgIpc) is 2.48. The van der Waals surface area contributed by atoms with Crippen molar-refractivity contribution in [3.63, 3.8) is 0 Å². The molecule has 1 atom stereocenters. The Morgan fingerprint density at radius 2 is 2.14 bits per heavy atom. The topological polar surface area (TPSA) is 75.8 Å². The van der Waals surface area contributed by atoms with E-state index in [1.165, 1.54) is 6.07 Å². The van der Waals surface area contributed by atoms with Gasteiger partial charge in [-0.3, -0.25) is 10.1 Å². The van der Waals surface area contributed by atoms with Crippen molar-refractivity contribution in [3.05, 3.63) is 33.9 Å². The summed E-state index contributed by atoms with van der Waals surface area (Å²) in [4.78, 5) is 12.7. The first-order valence-corrected chi connectivity index (χ1v) is 7.74. The summed E-state index contributed by atoms with van der Waals surface area (Å²) in [7, 11) is 0. The predicted molar refractivity (Wildman–Crippen MR) is 84.2 cm³/mol. The van der Waals surface area contributed by atoms with E-state index in [0.29, 0.717) is 17.9 Å². The molecule has 22 heavy (non-hydrogen) atoms. The number of aliphatic hydroxyl groups excluding tert-OH is 1. The van der Waals surface area contributed by atoms with Crippen molar-refractivity contribution in [3.8, 4) is 5.75 Å². The van der Waals surface area contributed by atoms with Gasteiger partial charge in [-0.2, -0.15) is 0 Å². The molecule has 0 saturated carbocycles. The van der Waals surface area contributed by atoms with Gasteiger partial charge in [0.15, 0.2) is 0 Å². The molecule has 1 saturated heterocycles. The van der Waals surface area contributed by atoms with Crippen molar-refractivity contribution in [1.29, 1.82) is 0 Å². The fourth-order valence-corrected chi connectivity index (χ4v) is 2.66. The van der Waals surface area contributed by atoms with Crippen molar-refractivity contribution in [2.75, 3.05) is 26.2 Å². The molecule has 6 nitrogen and oxygen atoms in total. The van der Waals surface area contributed by atoms with E-state index >= 15 is 0 Å². The van der Waals surface area contributed by atoms with Gasteiger partial charge in [-0.1, -0.05) is 6.92 Å². The van der Waals surface area contributed by atoms with E-state index in [2.05, 4.69) is 11.8 Å². The molecule has 1 aliphatic heterocycles. The fraction of sp³-hybridized carbons (Fsp3) is 0.625. The molecule has 1 heterocycles. The first-order chi connectivity index (χ1) is 10.5. The molecular formula is C16H24N2O4. The monoisotopic (exact) mass is 308 g/mol. The Bertz CT molecular complexity index is 513. The number of nitrogens with zero attached hydrogens (tertiary/aromatic N) is 2. The highest BCUT2D eigenvalue weighted by atomic mass is 16.6. The molecule has 1 aromatic carbocycles. The van der Waals surface area contributed by atoms with Crippen LogP contribution < -0.4 is 4.74 Å². The van der Waals surface area contributed by atoms with Gasteiger partial charge in [-0.05, 0) is 50.9 Å². The van der Waals surface area contributed by atoms with E-state index in [1.54, 1.807) is 19.1 Å². The van der Waals surface area contributed by atoms with Crippen molar-refractivity contribution in [2.24, 2.45) is 5.92 Å². The second kappa shape index (κ2) is 7.56. The Hall–Kier alpha value is -1.66. The minimum atomic E-state index is -0.589. The lowest BCUT2D eigenvalue weighted by Gasteiger charge is -2.31.